The van der Waals surface area contributed by atoms with Gasteiger partial charge in [-0.15, -0.1) is 5.10 Å². The van der Waals surface area contributed by atoms with Crippen LogP contribution in [0.15, 0.2) is 48.9 Å². The smallest absolute Gasteiger partial charge is 0.255 e. The van der Waals surface area contributed by atoms with Gasteiger partial charge in [-0.3, -0.25) is 14.6 Å². The van der Waals surface area contributed by atoms with Gasteiger partial charge < -0.3 is 10.6 Å². The van der Waals surface area contributed by atoms with Crippen molar-refractivity contribution in [3.8, 4) is 22.3 Å². The van der Waals surface area contributed by atoms with Gasteiger partial charge in [0.1, 0.15) is 5.69 Å². The molecule has 176 valence electrons. The molecule has 11 heteroatoms. The van der Waals surface area contributed by atoms with E-state index in [-0.39, 0.29) is 11.8 Å². The SMILES string of the molecule is CC(=O)Nc1ncc(-c2cn(-c3cc(NC(=O)c4cccc(C(C)(C)C#N)c4)cnc3C)nn2)s1. The van der Waals surface area contributed by atoms with Crippen LogP contribution in [0.5, 0.6) is 0 Å². The van der Waals surface area contributed by atoms with Crippen LogP contribution >= 0.6 is 11.3 Å². The highest BCUT2D eigenvalue weighted by Crippen LogP contribution is 2.28. The van der Waals surface area contributed by atoms with Crippen molar-refractivity contribution in [1.82, 2.24) is 25.0 Å². The van der Waals surface area contributed by atoms with Crippen molar-refractivity contribution in [1.29, 1.82) is 5.26 Å². The summed E-state index contributed by atoms with van der Waals surface area (Å²) < 4.78 is 1.57. The average Bonchev–Trinajstić information content (AvgIpc) is 3.50. The molecule has 10 nitrogen and oxygen atoms in total. The summed E-state index contributed by atoms with van der Waals surface area (Å²) in [6.07, 6.45) is 4.92. The second-order valence-electron chi connectivity index (χ2n) is 8.36. The molecular weight excluding hydrogens is 464 g/mol. The fourth-order valence-corrected chi connectivity index (χ4v) is 4.05. The minimum Gasteiger partial charge on any atom is -0.321 e. The van der Waals surface area contributed by atoms with E-state index in [0.29, 0.717) is 33.5 Å². The summed E-state index contributed by atoms with van der Waals surface area (Å²) in [7, 11) is 0. The van der Waals surface area contributed by atoms with Crippen LogP contribution in [0.2, 0.25) is 0 Å². The number of aryl methyl sites for hydroxylation is 1. The van der Waals surface area contributed by atoms with E-state index in [4.69, 9.17) is 0 Å². The maximum Gasteiger partial charge on any atom is 0.255 e. The van der Waals surface area contributed by atoms with Gasteiger partial charge in [0.05, 0.1) is 45.8 Å². The van der Waals surface area contributed by atoms with Gasteiger partial charge in [0.25, 0.3) is 5.91 Å². The molecule has 0 unspecified atom stereocenters. The maximum atomic E-state index is 12.9. The van der Waals surface area contributed by atoms with E-state index < -0.39 is 5.41 Å². The molecule has 3 aromatic heterocycles. The molecule has 3 heterocycles. The van der Waals surface area contributed by atoms with Crippen molar-refractivity contribution < 1.29 is 9.59 Å². The second-order valence-corrected chi connectivity index (χ2v) is 9.39. The molecule has 2 N–H and O–H groups in total. The Balaban J connectivity index is 1.56. The van der Waals surface area contributed by atoms with Gasteiger partial charge in [-0.25, -0.2) is 9.67 Å². The topological polar surface area (TPSA) is 138 Å². The highest BCUT2D eigenvalue weighted by Gasteiger charge is 2.21. The molecule has 0 aliphatic rings. The van der Waals surface area contributed by atoms with Crippen molar-refractivity contribution in [3.63, 3.8) is 0 Å². The van der Waals surface area contributed by atoms with E-state index in [1.807, 2.05) is 13.0 Å². The summed E-state index contributed by atoms with van der Waals surface area (Å²) in [4.78, 5) is 33.4. The van der Waals surface area contributed by atoms with E-state index >= 15 is 0 Å². The third kappa shape index (κ3) is 5.23. The van der Waals surface area contributed by atoms with Crippen molar-refractivity contribution in [2.75, 3.05) is 10.6 Å². The molecular formula is C24H22N8O2S. The van der Waals surface area contributed by atoms with Gasteiger partial charge in [-0.05, 0) is 44.5 Å². The number of nitriles is 1. The van der Waals surface area contributed by atoms with Gasteiger partial charge >= 0.3 is 0 Å². The quantitative estimate of drug-likeness (QED) is 0.418. The Morgan fingerprint density at radius 3 is 2.69 bits per heavy atom. The number of benzene rings is 1. The zero-order valence-electron chi connectivity index (χ0n) is 19.5. The Labute approximate surface area is 205 Å². The lowest BCUT2D eigenvalue weighted by Gasteiger charge is -2.16. The predicted molar refractivity (Wildman–Crippen MR) is 132 cm³/mol. The highest BCUT2D eigenvalue weighted by atomic mass is 32.1. The van der Waals surface area contributed by atoms with Crippen molar-refractivity contribution in [2.45, 2.75) is 33.1 Å². The summed E-state index contributed by atoms with van der Waals surface area (Å²) >= 11 is 1.29. The molecule has 0 aliphatic heterocycles. The number of nitrogens with one attached hydrogen (secondary N) is 2. The zero-order chi connectivity index (χ0) is 25.2. The molecule has 0 saturated carbocycles. The van der Waals surface area contributed by atoms with E-state index in [9.17, 15) is 14.9 Å². The van der Waals surface area contributed by atoms with Crippen molar-refractivity contribution in [3.05, 3.63) is 65.7 Å². The standard InChI is InChI=1S/C24H22N8O2S/c1-14-20(32-12-19(30-31-32)21-11-27-23(35-21)28-15(2)33)9-18(10-26-14)29-22(34)16-6-5-7-17(8-16)24(3,4)13-25/h5-12H,1-4H3,(H,29,34)(H,27,28,33). The summed E-state index contributed by atoms with van der Waals surface area (Å²) in [6.45, 7) is 6.86. The highest BCUT2D eigenvalue weighted by molar-refractivity contribution is 7.19. The monoisotopic (exact) mass is 486 g/mol. The number of carbonyl (C=O) groups excluding carboxylic acids is 2. The molecule has 4 rings (SSSR count). The van der Waals surface area contributed by atoms with Gasteiger partial charge in [0, 0.05) is 18.7 Å². The van der Waals surface area contributed by atoms with Gasteiger partial charge in [-0.2, -0.15) is 5.26 Å². The van der Waals surface area contributed by atoms with Gasteiger partial charge in [0.15, 0.2) is 5.13 Å². The van der Waals surface area contributed by atoms with Crippen LogP contribution in [-0.2, 0) is 10.2 Å². The first-order valence-corrected chi connectivity index (χ1v) is 11.4. The third-order valence-electron chi connectivity index (χ3n) is 5.23. The Morgan fingerprint density at radius 1 is 1.14 bits per heavy atom. The molecule has 4 aromatic rings. The number of pyridine rings is 1. The number of amides is 2. The number of thiazole rings is 1. The van der Waals surface area contributed by atoms with Crippen LogP contribution in [0.3, 0.4) is 0 Å². The number of nitrogens with zero attached hydrogens (tertiary/aromatic N) is 6. The van der Waals surface area contributed by atoms with E-state index in [0.717, 1.165) is 10.4 Å². The van der Waals surface area contributed by atoms with Crippen LogP contribution in [0.1, 0.15) is 42.4 Å². The first-order valence-electron chi connectivity index (χ1n) is 10.6. The fourth-order valence-electron chi connectivity index (χ4n) is 3.23. The lowest BCUT2D eigenvalue weighted by Crippen LogP contribution is -2.17. The van der Waals surface area contributed by atoms with Gasteiger partial charge in [-0.1, -0.05) is 28.7 Å². The van der Waals surface area contributed by atoms with Crippen LogP contribution < -0.4 is 10.6 Å². The number of anilines is 2. The van der Waals surface area contributed by atoms with E-state index in [2.05, 4.69) is 37.0 Å². The Bertz CT molecular complexity index is 1460. The predicted octanol–water partition coefficient (Wildman–Crippen LogP) is 4.11. The molecule has 0 atom stereocenters. The Morgan fingerprint density at radius 2 is 1.94 bits per heavy atom. The summed E-state index contributed by atoms with van der Waals surface area (Å²) in [6, 6.07) is 11.0. The number of rotatable bonds is 6. The zero-order valence-corrected chi connectivity index (χ0v) is 20.3. The molecule has 1 aromatic carbocycles. The number of aromatic nitrogens is 5. The summed E-state index contributed by atoms with van der Waals surface area (Å²) in [5.41, 5.74) is 2.91. The lowest BCUT2D eigenvalue weighted by molar-refractivity contribution is -0.114. The largest absolute Gasteiger partial charge is 0.321 e. The van der Waals surface area contributed by atoms with Crippen LogP contribution in [-0.4, -0.2) is 36.8 Å². The summed E-state index contributed by atoms with van der Waals surface area (Å²) in [5, 5.41) is 23.8. The number of hydrogen-bond acceptors (Lipinski definition) is 8. The molecule has 35 heavy (non-hydrogen) atoms. The molecule has 0 bridgehead atoms. The fraction of sp³-hybridized carbons (Fsp3) is 0.208. The van der Waals surface area contributed by atoms with Crippen LogP contribution in [0.25, 0.3) is 16.3 Å². The summed E-state index contributed by atoms with van der Waals surface area (Å²) in [5.74, 6) is -0.512. The van der Waals surface area contributed by atoms with Crippen molar-refractivity contribution >= 4 is 34.0 Å². The lowest BCUT2D eigenvalue weighted by atomic mass is 9.85. The maximum absolute atomic E-state index is 12.9. The average molecular weight is 487 g/mol. The van der Waals surface area contributed by atoms with E-state index in [1.165, 1.54) is 18.3 Å². The first-order chi connectivity index (χ1) is 16.7. The van der Waals surface area contributed by atoms with E-state index in [1.54, 1.807) is 61.4 Å². The molecule has 0 radical (unpaired) electrons. The molecule has 0 fully saturated rings. The van der Waals surface area contributed by atoms with Gasteiger partial charge in [0.2, 0.25) is 5.91 Å². The second kappa shape index (κ2) is 9.44. The normalized spacial score (nSPS) is 11.1. The molecule has 0 aliphatic carbocycles. The minimum atomic E-state index is -0.708. The molecule has 0 saturated heterocycles. The Hall–Kier alpha value is -4.43. The van der Waals surface area contributed by atoms with Crippen LogP contribution in [0.4, 0.5) is 10.8 Å². The number of hydrogen-bond donors (Lipinski definition) is 2. The molecule has 2 amide bonds. The first kappa shape index (κ1) is 23.7. The van der Waals surface area contributed by atoms with Crippen LogP contribution in [0, 0.1) is 18.3 Å². The minimum absolute atomic E-state index is 0.199. The third-order valence-corrected chi connectivity index (χ3v) is 6.16. The van der Waals surface area contributed by atoms with Crippen molar-refractivity contribution in [2.24, 2.45) is 0 Å². The number of carbonyl (C=O) groups is 2. The molecule has 0 spiro atoms. The Kier molecular flexibility index (Phi) is 6.40.